The van der Waals surface area contributed by atoms with Gasteiger partial charge in [0.05, 0.1) is 6.42 Å². The van der Waals surface area contributed by atoms with Gasteiger partial charge in [-0.2, -0.15) is 0 Å². The Morgan fingerprint density at radius 2 is 1.42 bits per heavy atom. The molecule has 3 rings (SSSR count). The molecule has 1 unspecified atom stereocenters. The van der Waals surface area contributed by atoms with Gasteiger partial charge >= 0.3 is 5.97 Å². The molecule has 0 aliphatic carbocycles. The van der Waals surface area contributed by atoms with E-state index in [-0.39, 0.29) is 12.5 Å². The van der Waals surface area contributed by atoms with Crippen LogP contribution in [0.3, 0.4) is 0 Å². The van der Waals surface area contributed by atoms with Crippen molar-refractivity contribution in [3.8, 4) is 28.0 Å². The predicted molar refractivity (Wildman–Crippen MR) is 104 cm³/mol. The van der Waals surface area contributed by atoms with Crippen molar-refractivity contribution in [2.24, 2.45) is 0 Å². The molecule has 132 valence electrons. The van der Waals surface area contributed by atoms with E-state index in [1.807, 2.05) is 61.5 Å². The highest BCUT2D eigenvalue weighted by molar-refractivity contribution is 5.86. The Kier molecular flexibility index (Phi) is 5.69. The first-order valence-corrected chi connectivity index (χ1v) is 8.81. The summed E-state index contributed by atoms with van der Waals surface area (Å²) in [5.74, 6) is -0.136. The van der Waals surface area contributed by atoms with Gasteiger partial charge in [0.25, 0.3) is 0 Å². The molecule has 1 N–H and O–H groups in total. The van der Waals surface area contributed by atoms with Crippen LogP contribution in [0, 0.1) is 0 Å². The minimum atomic E-state index is -0.848. The molecule has 0 amide bonds. The van der Waals surface area contributed by atoms with Crippen LogP contribution in [0.15, 0.2) is 78.9 Å². The molecular formula is C23H22O3. The number of para-hydroxylation sites is 1. The van der Waals surface area contributed by atoms with E-state index >= 15 is 0 Å². The molecule has 26 heavy (non-hydrogen) atoms. The predicted octanol–water partition coefficient (Wildman–Crippen LogP) is 5.65. The Morgan fingerprint density at radius 1 is 0.846 bits per heavy atom. The molecule has 0 fully saturated rings. The summed E-state index contributed by atoms with van der Waals surface area (Å²) >= 11 is 0. The van der Waals surface area contributed by atoms with Crippen molar-refractivity contribution in [1.29, 1.82) is 0 Å². The van der Waals surface area contributed by atoms with E-state index < -0.39 is 5.97 Å². The minimum absolute atomic E-state index is 0.00876. The van der Waals surface area contributed by atoms with Crippen LogP contribution in [-0.2, 0) is 4.79 Å². The van der Waals surface area contributed by atoms with Crippen molar-refractivity contribution in [2.75, 3.05) is 0 Å². The van der Waals surface area contributed by atoms with Gasteiger partial charge in [-0.25, -0.2) is 0 Å². The molecule has 0 radical (unpaired) electrons. The summed E-state index contributed by atoms with van der Waals surface area (Å²) in [6.07, 6.45) is 0.282. The first kappa shape index (κ1) is 17.7. The zero-order valence-electron chi connectivity index (χ0n) is 14.8. The van der Waals surface area contributed by atoms with E-state index in [1.165, 1.54) is 0 Å². The zero-order valence-corrected chi connectivity index (χ0v) is 14.8. The van der Waals surface area contributed by atoms with Crippen molar-refractivity contribution in [3.05, 3.63) is 78.9 Å². The van der Waals surface area contributed by atoms with Crippen LogP contribution in [0.25, 0.3) is 22.3 Å². The maximum atomic E-state index is 11.1. The first-order chi connectivity index (χ1) is 12.7. The monoisotopic (exact) mass is 346 g/mol. The Morgan fingerprint density at radius 3 is 2.08 bits per heavy atom. The fourth-order valence-electron chi connectivity index (χ4n) is 3.02. The average Bonchev–Trinajstić information content (AvgIpc) is 2.68. The zero-order chi connectivity index (χ0) is 18.4. The van der Waals surface area contributed by atoms with E-state index in [0.29, 0.717) is 12.2 Å². The molecule has 3 heteroatoms. The molecule has 0 saturated heterocycles. The summed E-state index contributed by atoms with van der Waals surface area (Å²) in [5, 5.41) is 9.09. The number of carbonyl (C=O) groups is 1. The highest BCUT2D eigenvalue weighted by Crippen LogP contribution is 2.37. The number of carboxylic acid groups (broad SMARTS) is 1. The van der Waals surface area contributed by atoms with Gasteiger partial charge in [-0.05, 0) is 29.2 Å². The summed E-state index contributed by atoms with van der Waals surface area (Å²) in [7, 11) is 0. The number of aliphatic carboxylic acids is 1. The van der Waals surface area contributed by atoms with Crippen LogP contribution in [0.5, 0.6) is 5.75 Å². The molecule has 0 heterocycles. The van der Waals surface area contributed by atoms with Gasteiger partial charge in [-0.15, -0.1) is 0 Å². The molecule has 0 aliphatic rings. The summed E-state index contributed by atoms with van der Waals surface area (Å²) < 4.78 is 6.07. The third-order valence-electron chi connectivity index (χ3n) is 4.34. The number of rotatable bonds is 7. The fourth-order valence-corrected chi connectivity index (χ4v) is 3.02. The number of ether oxygens (including phenoxy) is 1. The second-order valence-corrected chi connectivity index (χ2v) is 6.15. The van der Waals surface area contributed by atoms with Crippen molar-refractivity contribution in [2.45, 2.75) is 25.9 Å². The molecule has 0 spiro atoms. The second kappa shape index (κ2) is 8.34. The third kappa shape index (κ3) is 4.12. The highest BCUT2D eigenvalue weighted by Gasteiger charge is 2.17. The summed E-state index contributed by atoms with van der Waals surface area (Å²) in [5.41, 5.74) is 4.29. The van der Waals surface area contributed by atoms with Crippen LogP contribution in [-0.4, -0.2) is 17.2 Å². The van der Waals surface area contributed by atoms with Gasteiger partial charge < -0.3 is 9.84 Å². The van der Waals surface area contributed by atoms with Crippen LogP contribution >= 0.6 is 0 Å². The lowest BCUT2D eigenvalue weighted by atomic mass is 9.94. The molecule has 0 aliphatic heterocycles. The molecule has 0 aromatic heterocycles. The van der Waals surface area contributed by atoms with Crippen LogP contribution in [0.2, 0.25) is 0 Å². The molecule has 0 bridgehead atoms. The lowest BCUT2D eigenvalue weighted by Gasteiger charge is -2.20. The summed E-state index contributed by atoms with van der Waals surface area (Å²) in [6, 6.07) is 26.2. The van der Waals surface area contributed by atoms with Crippen LogP contribution in [0.4, 0.5) is 0 Å². The Balaban J connectivity index is 2.03. The normalized spacial score (nSPS) is 11.7. The first-order valence-electron chi connectivity index (χ1n) is 8.81. The largest absolute Gasteiger partial charge is 0.489 e. The Hall–Kier alpha value is -3.07. The molecular weight excluding hydrogens is 324 g/mol. The van der Waals surface area contributed by atoms with Gasteiger partial charge in [-0.3, -0.25) is 4.79 Å². The van der Waals surface area contributed by atoms with Gasteiger partial charge in [-0.1, -0.05) is 79.7 Å². The number of hydrogen-bond acceptors (Lipinski definition) is 2. The van der Waals surface area contributed by atoms with Gasteiger partial charge in [0, 0.05) is 5.56 Å². The van der Waals surface area contributed by atoms with Crippen LogP contribution in [0.1, 0.15) is 19.8 Å². The third-order valence-corrected chi connectivity index (χ3v) is 4.34. The molecule has 0 saturated carbocycles. The number of carboxylic acids is 1. The number of hydrogen-bond donors (Lipinski definition) is 1. The Bertz CT molecular complexity index is 871. The second-order valence-electron chi connectivity index (χ2n) is 6.15. The van der Waals surface area contributed by atoms with Crippen LogP contribution < -0.4 is 4.74 Å². The maximum Gasteiger partial charge on any atom is 0.307 e. The molecule has 1 atom stereocenters. The standard InChI is InChI=1S/C23H22O3/c1-2-18(16-23(24)25)26-22-15-9-8-14-21(22)20-13-7-6-12-19(20)17-10-4-3-5-11-17/h3-15,18H,2,16H2,1H3,(H,24,25). The Labute approximate surface area is 153 Å². The molecule has 3 aromatic carbocycles. The van der Waals surface area contributed by atoms with Crippen molar-refractivity contribution in [1.82, 2.24) is 0 Å². The molecule has 3 nitrogen and oxygen atoms in total. The molecule has 3 aromatic rings. The van der Waals surface area contributed by atoms with Crippen molar-refractivity contribution < 1.29 is 14.6 Å². The van der Waals surface area contributed by atoms with E-state index in [2.05, 4.69) is 24.3 Å². The lowest BCUT2D eigenvalue weighted by Crippen LogP contribution is -2.20. The van der Waals surface area contributed by atoms with Gasteiger partial charge in [0.2, 0.25) is 0 Å². The van der Waals surface area contributed by atoms with Gasteiger partial charge in [0.15, 0.2) is 0 Å². The highest BCUT2D eigenvalue weighted by atomic mass is 16.5. The fraction of sp³-hybridized carbons (Fsp3) is 0.174. The minimum Gasteiger partial charge on any atom is -0.489 e. The van der Waals surface area contributed by atoms with E-state index in [4.69, 9.17) is 9.84 Å². The smallest absolute Gasteiger partial charge is 0.307 e. The topological polar surface area (TPSA) is 46.5 Å². The SMILES string of the molecule is CCC(CC(=O)O)Oc1ccccc1-c1ccccc1-c1ccccc1. The van der Waals surface area contributed by atoms with E-state index in [0.717, 1.165) is 22.3 Å². The quantitative estimate of drug-likeness (QED) is 0.601. The van der Waals surface area contributed by atoms with E-state index in [1.54, 1.807) is 0 Å². The number of benzene rings is 3. The maximum absolute atomic E-state index is 11.1. The summed E-state index contributed by atoms with van der Waals surface area (Å²) in [4.78, 5) is 11.1. The van der Waals surface area contributed by atoms with E-state index in [9.17, 15) is 4.79 Å². The average molecular weight is 346 g/mol. The lowest BCUT2D eigenvalue weighted by molar-refractivity contribution is -0.138. The van der Waals surface area contributed by atoms with Crippen molar-refractivity contribution >= 4 is 5.97 Å². The van der Waals surface area contributed by atoms with Gasteiger partial charge in [0.1, 0.15) is 11.9 Å². The van der Waals surface area contributed by atoms with Crippen molar-refractivity contribution in [3.63, 3.8) is 0 Å². The summed E-state index contributed by atoms with van der Waals surface area (Å²) in [6.45, 7) is 1.94.